The van der Waals surface area contributed by atoms with Crippen LogP contribution in [-0.2, 0) is 6.54 Å². The lowest BCUT2D eigenvalue weighted by Gasteiger charge is -2.22. The SMILES string of the molecule is CCn1c([C@@H]2CCCNC2)n[nH]c1=S. The van der Waals surface area contributed by atoms with Crippen molar-refractivity contribution in [3.8, 4) is 0 Å². The molecule has 1 aliphatic rings. The Balaban J connectivity index is 2.25. The van der Waals surface area contributed by atoms with Crippen LogP contribution in [-0.4, -0.2) is 27.9 Å². The first-order chi connectivity index (χ1) is 6.83. The third-order valence-corrected chi connectivity index (χ3v) is 3.08. The van der Waals surface area contributed by atoms with Crippen molar-refractivity contribution in [1.29, 1.82) is 0 Å². The number of hydrogen-bond acceptors (Lipinski definition) is 3. The van der Waals surface area contributed by atoms with E-state index in [-0.39, 0.29) is 0 Å². The third kappa shape index (κ3) is 1.74. The monoisotopic (exact) mass is 212 g/mol. The van der Waals surface area contributed by atoms with Crippen LogP contribution in [0.4, 0.5) is 0 Å². The molecule has 0 amide bonds. The summed E-state index contributed by atoms with van der Waals surface area (Å²) in [7, 11) is 0. The molecule has 0 aliphatic carbocycles. The first-order valence-electron chi connectivity index (χ1n) is 5.18. The molecule has 1 atom stereocenters. The molecule has 1 aromatic heterocycles. The summed E-state index contributed by atoms with van der Waals surface area (Å²) in [4.78, 5) is 0. The van der Waals surface area contributed by atoms with E-state index in [1.807, 2.05) is 0 Å². The first-order valence-corrected chi connectivity index (χ1v) is 5.59. The van der Waals surface area contributed by atoms with Gasteiger partial charge in [-0.05, 0) is 38.5 Å². The maximum absolute atomic E-state index is 5.17. The number of aromatic nitrogens is 3. The van der Waals surface area contributed by atoms with E-state index in [2.05, 4.69) is 27.0 Å². The normalized spacial score (nSPS) is 22.5. The lowest BCUT2D eigenvalue weighted by atomic mass is 9.99. The molecule has 2 heterocycles. The van der Waals surface area contributed by atoms with Gasteiger partial charge in [-0.25, -0.2) is 0 Å². The average molecular weight is 212 g/mol. The quantitative estimate of drug-likeness (QED) is 0.729. The first kappa shape index (κ1) is 9.86. The molecule has 78 valence electrons. The Morgan fingerprint density at radius 1 is 1.64 bits per heavy atom. The predicted octanol–water partition coefficient (Wildman–Crippen LogP) is 1.43. The van der Waals surface area contributed by atoms with Crippen LogP contribution in [0.15, 0.2) is 0 Å². The molecule has 4 nitrogen and oxygen atoms in total. The lowest BCUT2D eigenvalue weighted by Crippen LogP contribution is -2.30. The second-order valence-electron chi connectivity index (χ2n) is 3.67. The highest BCUT2D eigenvalue weighted by atomic mass is 32.1. The topological polar surface area (TPSA) is 45.6 Å². The van der Waals surface area contributed by atoms with E-state index >= 15 is 0 Å². The zero-order valence-electron chi connectivity index (χ0n) is 8.42. The van der Waals surface area contributed by atoms with E-state index in [4.69, 9.17) is 12.2 Å². The van der Waals surface area contributed by atoms with Gasteiger partial charge in [-0.3, -0.25) is 5.10 Å². The third-order valence-electron chi connectivity index (χ3n) is 2.77. The van der Waals surface area contributed by atoms with E-state index < -0.39 is 0 Å². The van der Waals surface area contributed by atoms with E-state index in [9.17, 15) is 0 Å². The Kier molecular flexibility index (Phi) is 2.98. The largest absolute Gasteiger partial charge is 0.316 e. The molecule has 2 N–H and O–H groups in total. The Hall–Kier alpha value is -0.680. The summed E-state index contributed by atoms with van der Waals surface area (Å²) in [5.41, 5.74) is 0. The van der Waals surface area contributed by atoms with Crippen LogP contribution in [0.3, 0.4) is 0 Å². The zero-order valence-corrected chi connectivity index (χ0v) is 9.23. The average Bonchev–Trinajstić information content (AvgIpc) is 2.61. The Labute approximate surface area is 88.7 Å². The Morgan fingerprint density at radius 2 is 2.50 bits per heavy atom. The van der Waals surface area contributed by atoms with Crippen LogP contribution in [0.25, 0.3) is 0 Å². The van der Waals surface area contributed by atoms with Crippen molar-refractivity contribution in [2.75, 3.05) is 13.1 Å². The summed E-state index contributed by atoms with van der Waals surface area (Å²) in [6, 6.07) is 0. The second kappa shape index (κ2) is 4.23. The van der Waals surface area contributed by atoms with Gasteiger partial charge in [-0.2, -0.15) is 5.10 Å². The maximum atomic E-state index is 5.17. The van der Waals surface area contributed by atoms with Gasteiger partial charge in [0.25, 0.3) is 0 Å². The van der Waals surface area contributed by atoms with Crippen LogP contribution in [0.5, 0.6) is 0 Å². The minimum Gasteiger partial charge on any atom is -0.316 e. The fourth-order valence-corrected chi connectivity index (χ4v) is 2.29. The van der Waals surface area contributed by atoms with Crippen LogP contribution in [0.1, 0.15) is 31.5 Å². The highest BCUT2D eigenvalue weighted by molar-refractivity contribution is 7.71. The Morgan fingerprint density at radius 3 is 3.14 bits per heavy atom. The molecular weight excluding hydrogens is 196 g/mol. The fourth-order valence-electron chi connectivity index (χ4n) is 2.02. The van der Waals surface area contributed by atoms with E-state index in [1.165, 1.54) is 12.8 Å². The number of hydrogen-bond donors (Lipinski definition) is 2. The molecule has 1 aromatic rings. The summed E-state index contributed by atoms with van der Waals surface area (Å²) < 4.78 is 2.83. The molecule has 0 aromatic carbocycles. The molecule has 0 spiro atoms. The van der Waals surface area contributed by atoms with Crippen molar-refractivity contribution in [3.05, 3.63) is 10.6 Å². The van der Waals surface area contributed by atoms with Crippen molar-refractivity contribution < 1.29 is 0 Å². The van der Waals surface area contributed by atoms with E-state index in [0.717, 1.165) is 30.2 Å². The molecule has 1 fully saturated rings. The van der Waals surface area contributed by atoms with Crippen molar-refractivity contribution in [2.24, 2.45) is 0 Å². The number of nitrogens with one attached hydrogen (secondary N) is 2. The molecule has 0 bridgehead atoms. The van der Waals surface area contributed by atoms with Crippen LogP contribution >= 0.6 is 12.2 Å². The molecule has 0 saturated carbocycles. The van der Waals surface area contributed by atoms with E-state index in [1.54, 1.807) is 0 Å². The standard InChI is InChI=1S/C9H16N4S/c1-2-13-8(11-12-9(13)14)7-4-3-5-10-6-7/h7,10H,2-6H2,1H3,(H,12,14)/t7-/m1/s1. The number of aromatic amines is 1. The molecule has 14 heavy (non-hydrogen) atoms. The van der Waals surface area contributed by atoms with Crippen molar-refractivity contribution in [2.45, 2.75) is 32.2 Å². The number of rotatable bonds is 2. The van der Waals surface area contributed by atoms with Crippen LogP contribution < -0.4 is 5.32 Å². The fraction of sp³-hybridized carbons (Fsp3) is 0.778. The Bertz CT molecular complexity index is 348. The predicted molar refractivity (Wildman–Crippen MR) is 57.9 cm³/mol. The summed E-state index contributed by atoms with van der Waals surface area (Å²) in [6.07, 6.45) is 2.45. The molecule has 0 radical (unpaired) electrons. The number of nitrogens with zero attached hydrogens (tertiary/aromatic N) is 2. The van der Waals surface area contributed by atoms with Gasteiger partial charge in [0.15, 0.2) is 4.77 Å². The number of piperidine rings is 1. The van der Waals surface area contributed by atoms with Gasteiger partial charge in [0.1, 0.15) is 5.82 Å². The molecule has 1 aliphatic heterocycles. The molecular formula is C9H16N4S. The summed E-state index contributed by atoms with van der Waals surface area (Å²) in [6.45, 7) is 5.17. The molecule has 5 heteroatoms. The molecule has 0 unspecified atom stereocenters. The highest BCUT2D eigenvalue weighted by Crippen LogP contribution is 2.21. The second-order valence-corrected chi connectivity index (χ2v) is 4.06. The zero-order chi connectivity index (χ0) is 9.97. The van der Waals surface area contributed by atoms with Crippen molar-refractivity contribution in [1.82, 2.24) is 20.1 Å². The van der Waals surface area contributed by atoms with Gasteiger partial charge in [0.2, 0.25) is 0 Å². The lowest BCUT2D eigenvalue weighted by molar-refractivity contribution is 0.433. The van der Waals surface area contributed by atoms with Gasteiger partial charge >= 0.3 is 0 Å². The minimum absolute atomic E-state index is 0.525. The summed E-state index contributed by atoms with van der Waals surface area (Å²) in [5.74, 6) is 1.64. The van der Waals surface area contributed by atoms with Gasteiger partial charge in [0, 0.05) is 19.0 Å². The van der Waals surface area contributed by atoms with Gasteiger partial charge < -0.3 is 9.88 Å². The minimum atomic E-state index is 0.525. The van der Waals surface area contributed by atoms with Crippen molar-refractivity contribution >= 4 is 12.2 Å². The number of H-pyrrole nitrogens is 1. The van der Waals surface area contributed by atoms with Crippen LogP contribution in [0, 0.1) is 4.77 Å². The van der Waals surface area contributed by atoms with E-state index in [0.29, 0.717) is 5.92 Å². The smallest absolute Gasteiger partial charge is 0.195 e. The summed E-state index contributed by atoms with van der Waals surface area (Å²) >= 11 is 5.17. The van der Waals surface area contributed by atoms with Crippen molar-refractivity contribution in [3.63, 3.8) is 0 Å². The molecule has 2 rings (SSSR count). The van der Waals surface area contributed by atoms with Crippen LogP contribution in [0.2, 0.25) is 0 Å². The van der Waals surface area contributed by atoms with Gasteiger partial charge in [-0.1, -0.05) is 0 Å². The highest BCUT2D eigenvalue weighted by Gasteiger charge is 2.20. The maximum Gasteiger partial charge on any atom is 0.195 e. The molecule has 1 saturated heterocycles. The van der Waals surface area contributed by atoms with Gasteiger partial charge in [0.05, 0.1) is 0 Å². The van der Waals surface area contributed by atoms with Gasteiger partial charge in [-0.15, -0.1) is 0 Å². The summed E-state index contributed by atoms with van der Waals surface area (Å²) in [5, 5.41) is 10.6.